The van der Waals surface area contributed by atoms with Gasteiger partial charge < -0.3 is 10.6 Å². The van der Waals surface area contributed by atoms with Crippen molar-refractivity contribution in [1.29, 1.82) is 0 Å². The van der Waals surface area contributed by atoms with E-state index in [0.717, 1.165) is 17.0 Å². The maximum atomic E-state index is 5.52. The van der Waals surface area contributed by atoms with Gasteiger partial charge in [0.1, 0.15) is 0 Å². The number of aromatic nitrogens is 4. The fourth-order valence-electron chi connectivity index (χ4n) is 2.36. The summed E-state index contributed by atoms with van der Waals surface area (Å²) in [6.45, 7) is 2.50. The van der Waals surface area contributed by atoms with Crippen LogP contribution in [-0.4, -0.2) is 57.0 Å². The van der Waals surface area contributed by atoms with Crippen LogP contribution in [0.3, 0.4) is 0 Å². The molecule has 7 heteroatoms. The van der Waals surface area contributed by atoms with Crippen molar-refractivity contribution < 1.29 is 0 Å². The molecule has 1 aromatic rings. The van der Waals surface area contributed by atoms with E-state index in [0.29, 0.717) is 13.1 Å². The maximum Gasteiger partial charge on any atom is 0.209 e. The monoisotopic (exact) mass is 270 g/mol. The van der Waals surface area contributed by atoms with E-state index in [2.05, 4.69) is 27.5 Å². The molecule has 102 valence electrons. The van der Waals surface area contributed by atoms with E-state index in [4.69, 9.17) is 5.73 Å². The highest BCUT2D eigenvalue weighted by Crippen LogP contribution is 2.22. The smallest absolute Gasteiger partial charge is 0.209 e. The summed E-state index contributed by atoms with van der Waals surface area (Å²) in [5.41, 5.74) is 5.52. The van der Waals surface area contributed by atoms with Gasteiger partial charge in [0.05, 0.1) is 6.54 Å². The van der Waals surface area contributed by atoms with E-state index in [1.165, 1.54) is 32.2 Å². The summed E-state index contributed by atoms with van der Waals surface area (Å²) in [5, 5.41) is 12.5. The van der Waals surface area contributed by atoms with Crippen molar-refractivity contribution in [3.05, 3.63) is 0 Å². The third-order valence-electron chi connectivity index (χ3n) is 3.44. The van der Waals surface area contributed by atoms with Gasteiger partial charge >= 0.3 is 0 Å². The minimum atomic E-state index is 0.573. The maximum absolute atomic E-state index is 5.52. The lowest BCUT2D eigenvalue weighted by Crippen LogP contribution is -2.36. The first-order valence-electron chi connectivity index (χ1n) is 6.60. The minimum Gasteiger partial charge on any atom is -0.329 e. The highest BCUT2D eigenvalue weighted by molar-refractivity contribution is 7.99. The van der Waals surface area contributed by atoms with Crippen LogP contribution in [0.4, 0.5) is 0 Å². The first kappa shape index (κ1) is 13.8. The molecule has 2 heterocycles. The Morgan fingerprint density at radius 1 is 1.44 bits per heavy atom. The zero-order valence-electron chi connectivity index (χ0n) is 11.0. The summed E-state index contributed by atoms with van der Waals surface area (Å²) in [5.74, 6) is 1.07. The quantitative estimate of drug-likeness (QED) is 0.763. The van der Waals surface area contributed by atoms with Crippen LogP contribution >= 0.6 is 11.8 Å². The summed E-state index contributed by atoms with van der Waals surface area (Å²) in [6, 6.07) is 0.727. The molecule has 18 heavy (non-hydrogen) atoms. The molecule has 1 saturated heterocycles. The van der Waals surface area contributed by atoms with Crippen molar-refractivity contribution in [3.63, 3.8) is 0 Å². The van der Waals surface area contributed by atoms with E-state index in [9.17, 15) is 0 Å². The molecule has 0 bridgehead atoms. The van der Waals surface area contributed by atoms with Crippen LogP contribution in [0.25, 0.3) is 0 Å². The zero-order valence-corrected chi connectivity index (χ0v) is 11.8. The molecule has 2 N–H and O–H groups in total. The summed E-state index contributed by atoms with van der Waals surface area (Å²) in [4.78, 5) is 2.48. The molecular formula is C11H22N6S. The van der Waals surface area contributed by atoms with E-state index >= 15 is 0 Å². The third kappa shape index (κ3) is 3.66. The number of rotatable bonds is 6. The van der Waals surface area contributed by atoms with E-state index in [1.807, 2.05) is 0 Å². The second kappa shape index (κ2) is 7.06. The predicted molar refractivity (Wildman–Crippen MR) is 72.5 cm³/mol. The average Bonchev–Trinajstić information content (AvgIpc) is 2.80. The Bertz CT molecular complexity index is 355. The number of piperidine rings is 1. The fourth-order valence-corrected chi connectivity index (χ4v) is 3.30. The Hall–Kier alpha value is -0.660. The van der Waals surface area contributed by atoms with Gasteiger partial charge in [0.2, 0.25) is 5.16 Å². The highest BCUT2D eigenvalue weighted by atomic mass is 32.2. The van der Waals surface area contributed by atoms with Crippen molar-refractivity contribution in [3.8, 4) is 0 Å². The molecular weight excluding hydrogens is 248 g/mol. The van der Waals surface area contributed by atoms with E-state index in [1.54, 1.807) is 16.4 Å². The lowest BCUT2D eigenvalue weighted by Gasteiger charge is -2.32. The molecule has 0 aromatic carbocycles. The zero-order chi connectivity index (χ0) is 12.8. The third-order valence-corrected chi connectivity index (χ3v) is 4.43. The van der Waals surface area contributed by atoms with Crippen molar-refractivity contribution in [1.82, 2.24) is 25.1 Å². The Kier molecular flexibility index (Phi) is 5.40. The van der Waals surface area contributed by atoms with Crippen molar-refractivity contribution in [2.75, 3.05) is 25.9 Å². The average molecular weight is 270 g/mol. The van der Waals surface area contributed by atoms with Crippen LogP contribution < -0.4 is 5.73 Å². The standard InChI is InChI=1S/C11H22N6S/c1-16-7-3-2-4-10(16)5-9-18-11-13-14-15-17(11)8-6-12/h10H,2-9,12H2,1H3. The van der Waals surface area contributed by atoms with Gasteiger partial charge in [-0.2, -0.15) is 0 Å². The first-order valence-corrected chi connectivity index (χ1v) is 7.59. The van der Waals surface area contributed by atoms with Crippen LogP contribution in [0.1, 0.15) is 25.7 Å². The Balaban J connectivity index is 1.75. The number of thioether (sulfide) groups is 1. The summed E-state index contributed by atoms with van der Waals surface area (Å²) >= 11 is 1.73. The molecule has 1 unspecified atom stereocenters. The van der Waals surface area contributed by atoms with Crippen molar-refractivity contribution >= 4 is 11.8 Å². The van der Waals surface area contributed by atoms with Gasteiger partial charge in [0, 0.05) is 18.3 Å². The van der Waals surface area contributed by atoms with Gasteiger partial charge in [0.15, 0.2) is 0 Å². The second-order valence-corrected chi connectivity index (χ2v) is 5.80. The van der Waals surface area contributed by atoms with Crippen molar-refractivity contribution in [2.45, 2.75) is 43.4 Å². The van der Waals surface area contributed by atoms with Crippen LogP contribution in [0.5, 0.6) is 0 Å². The number of hydrogen-bond donors (Lipinski definition) is 1. The number of hydrogen-bond acceptors (Lipinski definition) is 6. The van der Waals surface area contributed by atoms with E-state index < -0.39 is 0 Å². The summed E-state index contributed by atoms with van der Waals surface area (Å²) in [7, 11) is 2.23. The predicted octanol–water partition coefficient (Wildman–Crippen LogP) is 0.598. The fraction of sp³-hybridized carbons (Fsp3) is 0.909. The molecule has 1 fully saturated rings. The van der Waals surface area contributed by atoms with E-state index in [-0.39, 0.29) is 0 Å². The normalized spacial score (nSPS) is 21.3. The second-order valence-electron chi connectivity index (χ2n) is 4.74. The SMILES string of the molecule is CN1CCCCC1CCSc1nnnn1CCN. The number of nitrogens with zero attached hydrogens (tertiary/aromatic N) is 5. The van der Waals surface area contributed by atoms with Gasteiger partial charge in [-0.25, -0.2) is 4.68 Å². The minimum absolute atomic E-state index is 0.573. The molecule has 1 atom stereocenters. The van der Waals surface area contributed by atoms with Gasteiger partial charge in [-0.05, 0) is 43.3 Å². The van der Waals surface area contributed by atoms with Crippen LogP contribution in [0.2, 0.25) is 0 Å². The molecule has 0 amide bonds. The molecule has 1 aromatic heterocycles. The molecule has 2 rings (SSSR count). The molecule has 1 aliphatic heterocycles. The number of likely N-dealkylation sites (tertiary alicyclic amines) is 1. The summed E-state index contributed by atoms with van der Waals surface area (Å²) in [6.07, 6.45) is 5.24. The van der Waals surface area contributed by atoms with Gasteiger partial charge in [-0.3, -0.25) is 0 Å². The summed E-state index contributed by atoms with van der Waals surface area (Å²) < 4.78 is 1.79. The van der Waals surface area contributed by atoms with Crippen LogP contribution in [0.15, 0.2) is 5.16 Å². The Labute approximate surface area is 112 Å². The largest absolute Gasteiger partial charge is 0.329 e. The van der Waals surface area contributed by atoms with Crippen molar-refractivity contribution in [2.24, 2.45) is 5.73 Å². The van der Waals surface area contributed by atoms with Gasteiger partial charge in [-0.1, -0.05) is 18.2 Å². The topological polar surface area (TPSA) is 72.9 Å². The molecule has 0 saturated carbocycles. The van der Waals surface area contributed by atoms with Gasteiger partial charge in [0.25, 0.3) is 0 Å². The lowest BCUT2D eigenvalue weighted by molar-refractivity contribution is 0.182. The molecule has 6 nitrogen and oxygen atoms in total. The van der Waals surface area contributed by atoms with Crippen LogP contribution in [0, 0.1) is 0 Å². The highest BCUT2D eigenvalue weighted by Gasteiger charge is 2.18. The molecule has 0 spiro atoms. The number of tetrazole rings is 1. The Morgan fingerprint density at radius 3 is 3.11 bits per heavy atom. The molecule has 0 aliphatic carbocycles. The molecule has 1 aliphatic rings. The van der Waals surface area contributed by atoms with Gasteiger partial charge in [-0.15, -0.1) is 5.10 Å². The molecule has 0 radical (unpaired) electrons. The first-order chi connectivity index (χ1) is 8.81. The lowest BCUT2D eigenvalue weighted by atomic mass is 10.0. The Morgan fingerprint density at radius 2 is 2.33 bits per heavy atom. The van der Waals surface area contributed by atoms with Crippen LogP contribution in [-0.2, 0) is 6.54 Å². The number of nitrogens with two attached hydrogens (primary N) is 1.